The van der Waals surface area contributed by atoms with Gasteiger partial charge in [-0.25, -0.2) is 4.98 Å². The normalized spacial score (nSPS) is 15.4. The summed E-state index contributed by atoms with van der Waals surface area (Å²) in [4.78, 5) is 37.2. The molecular weight excluding hydrogens is 547 g/mol. The van der Waals surface area contributed by atoms with E-state index in [0.717, 1.165) is 27.9 Å². The number of ether oxygens (including phenoxy) is 2. The molecule has 1 atom stereocenters. The van der Waals surface area contributed by atoms with E-state index < -0.39 is 30.4 Å². The second-order valence-electron chi connectivity index (χ2n) is 9.24. The monoisotopic (exact) mass is 573 g/mol. The van der Waals surface area contributed by atoms with Gasteiger partial charge in [0, 0.05) is 13.1 Å². The summed E-state index contributed by atoms with van der Waals surface area (Å²) in [7, 11) is 1.51. The van der Waals surface area contributed by atoms with Gasteiger partial charge in [-0.2, -0.15) is 18.2 Å². The zero-order valence-corrected chi connectivity index (χ0v) is 22.3. The first-order chi connectivity index (χ1) is 19.2. The number of benzene rings is 2. The number of carbonyl (C=O) groups excluding carboxylic acids is 1. The molecule has 1 aliphatic heterocycles. The Morgan fingerprint density at radius 2 is 1.85 bits per heavy atom. The molecule has 5 rings (SSSR count). The number of methoxy groups -OCH3 is 1. The highest BCUT2D eigenvalue weighted by Gasteiger charge is 2.34. The molecule has 2 aromatic heterocycles. The van der Waals surface area contributed by atoms with Crippen LogP contribution in [0.1, 0.15) is 24.0 Å². The van der Waals surface area contributed by atoms with Gasteiger partial charge in [0.15, 0.2) is 22.1 Å². The minimum absolute atomic E-state index is 0.00298. The minimum Gasteiger partial charge on any atom is -0.497 e. The van der Waals surface area contributed by atoms with Crippen LogP contribution in [-0.4, -0.2) is 52.9 Å². The number of aromatic nitrogens is 3. The van der Waals surface area contributed by atoms with Gasteiger partial charge in [-0.1, -0.05) is 53.8 Å². The van der Waals surface area contributed by atoms with Crippen molar-refractivity contribution in [1.29, 1.82) is 0 Å². The molecule has 40 heavy (non-hydrogen) atoms. The van der Waals surface area contributed by atoms with Crippen LogP contribution in [0.25, 0.3) is 10.3 Å². The lowest BCUT2D eigenvalue weighted by Gasteiger charge is -2.23. The van der Waals surface area contributed by atoms with E-state index in [1.807, 2.05) is 35.2 Å². The predicted molar refractivity (Wildman–Crippen MR) is 144 cm³/mol. The Labute approximate surface area is 231 Å². The fourth-order valence-corrected chi connectivity index (χ4v) is 5.48. The van der Waals surface area contributed by atoms with Gasteiger partial charge in [0.1, 0.15) is 11.8 Å². The van der Waals surface area contributed by atoms with Gasteiger partial charge in [0.25, 0.3) is 5.56 Å². The SMILES string of the molecule is COc1ccc(Cn2c(OCC(F)(F)F)nc3sc(N4CCCC4C(=O)NCc4ccccc4)nc3c2=O)cc1. The van der Waals surface area contributed by atoms with E-state index in [0.29, 0.717) is 36.0 Å². The van der Waals surface area contributed by atoms with Crippen molar-refractivity contribution in [2.75, 3.05) is 25.2 Å². The third-order valence-corrected chi connectivity index (χ3v) is 7.44. The molecule has 1 aliphatic rings. The molecule has 13 heteroatoms. The van der Waals surface area contributed by atoms with Crippen LogP contribution in [0.2, 0.25) is 0 Å². The third kappa shape index (κ3) is 6.19. The summed E-state index contributed by atoms with van der Waals surface area (Å²) in [6, 6.07) is 15.3. The highest BCUT2D eigenvalue weighted by atomic mass is 32.1. The van der Waals surface area contributed by atoms with Crippen LogP contribution >= 0.6 is 11.3 Å². The molecule has 1 amide bonds. The van der Waals surface area contributed by atoms with E-state index >= 15 is 0 Å². The van der Waals surface area contributed by atoms with Gasteiger partial charge in [0.05, 0.1) is 13.7 Å². The van der Waals surface area contributed by atoms with Crippen LogP contribution in [0.4, 0.5) is 18.3 Å². The fourth-order valence-electron chi connectivity index (χ4n) is 4.48. The predicted octanol–water partition coefficient (Wildman–Crippen LogP) is 4.14. The molecule has 0 saturated carbocycles. The Morgan fingerprint density at radius 1 is 1.10 bits per heavy atom. The molecule has 1 unspecified atom stereocenters. The molecule has 4 aromatic rings. The number of nitrogens with one attached hydrogen (secondary N) is 1. The maximum Gasteiger partial charge on any atom is 0.422 e. The van der Waals surface area contributed by atoms with Gasteiger partial charge >= 0.3 is 12.2 Å². The number of hydrogen-bond acceptors (Lipinski definition) is 8. The molecule has 1 saturated heterocycles. The number of halogens is 3. The largest absolute Gasteiger partial charge is 0.497 e. The van der Waals surface area contributed by atoms with Crippen molar-refractivity contribution in [3.05, 3.63) is 76.1 Å². The third-order valence-electron chi connectivity index (χ3n) is 6.45. The van der Waals surface area contributed by atoms with E-state index in [4.69, 9.17) is 9.47 Å². The Balaban J connectivity index is 1.44. The number of hydrogen-bond donors (Lipinski definition) is 1. The quantitative estimate of drug-likeness (QED) is 0.322. The second kappa shape index (κ2) is 11.5. The van der Waals surface area contributed by atoms with Crippen molar-refractivity contribution in [3.63, 3.8) is 0 Å². The number of anilines is 1. The number of rotatable bonds is 9. The van der Waals surface area contributed by atoms with Crippen molar-refractivity contribution in [3.8, 4) is 11.8 Å². The average Bonchev–Trinajstić information content (AvgIpc) is 3.60. The number of fused-ring (bicyclic) bond motifs is 1. The summed E-state index contributed by atoms with van der Waals surface area (Å²) in [5.74, 6) is 0.426. The summed E-state index contributed by atoms with van der Waals surface area (Å²) in [6.45, 7) is -0.767. The maximum absolute atomic E-state index is 13.5. The van der Waals surface area contributed by atoms with E-state index in [2.05, 4.69) is 15.3 Å². The lowest BCUT2D eigenvalue weighted by molar-refractivity contribution is -0.155. The van der Waals surface area contributed by atoms with Crippen molar-refractivity contribution < 1.29 is 27.4 Å². The summed E-state index contributed by atoms with van der Waals surface area (Å²) >= 11 is 1.04. The van der Waals surface area contributed by atoms with Crippen LogP contribution in [0.3, 0.4) is 0 Å². The van der Waals surface area contributed by atoms with Crippen LogP contribution in [0, 0.1) is 0 Å². The van der Waals surface area contributed by atoms with E-state index in [1.165, 1.54) is 7.11 Å². The molecule has 1 fully saturated rings. The van der Waals surface area contributed by atoms with Crippen molar-refractivity contribution in [2.24, 2.45) is 0 Å². The van der Waals surface area contributed by atoms with Crippen LogP contribution in [0.15, 0.2) is 59.4 Å². The summed E-state index contributed by atoms with van der Waals surface area (Å²) < 4.78 is 50.1. The van der Waals surface area contributed by atoms with Crippen LogP contribution < -0.4 is 25.2 Å². The van der Waals surface area contributed by atoms with Gasteiger partial charge in [-0.3, -0.25) is 14.2 Å². The molecule has 0 spiro atoms. The molecule has 9 nitrogen and oxygen atoms in total. The molecule has 1 N–H and O–H groups in total. The van der Waals surface area contributed by atoms with Gasteiger partial charge in [-0.15, -0.1) is 0 Å². The first-order valence-electron chi connectivity index (χ1n) is 12.5. The molecule has 210 valence electrons. The Hall–Kier alpha value is -4.13. The maximum atomic E-state index is 13.5. The minimum atomic E-state index is -4.62. The summed E-state index contributed by atoms with van der Waals surface area (Å²) in [5, 5.41) is 3.35. The Kier molecular flexibility index (Phi) is 7.92. The lowest BCUT2D eigenvalue weighted by Crippen LogP contribution is -2.43. The van der Waals surface area contributed by atoms with Crippen LogP contribution in [0.5, 0.6) is 11.8 Å². The number of thiazole rings is 1. The van der Waals surface area contributed by atoms with Crippen LogP contribution in [-0.2, 0) is 17.9 Å². The van der Waals surface area contributed by atoms with Gasteiger partial charge in [0.2, 0.25) is 5.91 Å². The topological polar surface area (TPSA) is 98.6 Å². The zero-order valence-electron chi connectivity index (χ0n) is 21.5. The molecule has 0 bridgehead atoms. The molecular formula is C27H26F3N5O4S. The second-order valence-corrected chi connectivity index (χ2v) is 10.2. The lowest BCUT2D eigenvalue weighted by atomic mass is 10.2. The molecule has 0 radical (unpaired) electrons. The molecule has 0 aliphatic carbocycles. The highest BCUT2D eigenvalue weighted by Crippen LogP contribution is 2.33. The first kappa shape index (κ1) is 27.4. The van der Waals surface area contributed by atoms with Crippen molar-refractivity contribution in [1.82, 2.24) is 19.9 Å². The summed E-state index contributed by atoms with van der Waals surface area (Å²) in [5.41, 5.74) is 0.965. The Morgan fingerprint density at radius 3 is 2.55 bits per heavy atom. The Bertz CT molecular complexity index is 1540. The van der Waals surface area contributed by atoms with Gasteiger partial charge in [-0.05, 0) is 36.1 Å². The smallest absolute Gasteiger partial charge is 0.422 e. The van der Waals surface area contributed by atoms with Crippen molar-refractivity contribution in [2.45, 2.75) is 38.1 Å². The highest BCUT2D eigenvalue weighted by molar-refractivity contribution is 7.21. The van der Waals surface area contributed by atoms with E-state index in [9.17, 15) is 22.8 Å². The van der Waals surface area contributed by atoms with E-state index in [-0.39, 0.29) is 22.8 Å². The summed E-state index contributed by atoms with van der Waals surface area (Å²) in [6.07, 6.45) is -3.27. The zero-order chi connectivity index (χ0) is 28.3. The molecule has 2 aromatic carbocycles. The number of amides is 1. The number of nitrogens with zero attached hydrogens (tertiary/aromatic N) is 4. The first-order valence-corrected chi connectivity index (χ1v) is 13.4. The number of carbonyl (C=O) groups is 1. The fraction of sp³-hybridized carbons (Fsp3) is 0.333. The standard InChI is InChI=1S/C27H26F3N5O4S/c1-38-19-11-9-18(10-12-19)15-35-24(37)21-23(33-25(35)39-16-27(28,29)30)40-26(32-21)34-13-5-8-20(34)22(36)31-14-17-6-3-2-4-7-17/h2-4,6-7,9-12,20H,5,8,13-16H2,1H3,(H,31,36). The average molecular weight is 574 g/mol. The molecule has 3 heterocycles. The number of alkyl halides is 3. The van der Waals surface area contributed by atoms with Gasteiger partial charge < -0.3 is 19.7 Å². The van der Waals surface area contributed by atoms with E-state index in [1.54, 1.807) is 24.3 Å². The van der Waals surface area contributed by atoms with Crippen molar-refractivity contribution >= 4 is 32.7 Å².